The van der Waals surface area contributed by atoms with Crippen molar-refractivity contribution in [2.45, 2.75) is 57.4 Å². The zero-order valence-corrected chi connectivity index (χ0v) is 13.3. The number of nitrogen functional groups attached to an aromatic ring is 1. The predicted molar refractivity (Wildman–Crippen MR) is 86.9 cm³/mol. The summed E-state index contributed by atoms with van der Waals surface area (Å²) in [6, 6.07) is 0.311. The Balaban J connectivity index is 1.66. The van der Waals surface area contributed by atoms with Crippen LogP contribution in [0.5, 0.6) is 0 Å². The SMILES string of the molecule is Nc1nc(N2CCCCC2)sc1C(=O)NC1CCCCC1. The Bertz CT molecular complexity index is 490. The molecule has 0 bridgehead atoms. The number of carbonyl (C=O) groups is 1. The van der Waals surface area contributed by atoms with Crippen molar-refractivity contribution in [2.75, 3.05) is 23.7 Å². The van der Waals surface area contributed by atoms with E-state index >= 15 is 0 Å². The van der Waals surface area contributed by atoms with Crippen molar-refractivity contribution >= 4 is 28.2 Å². The number of hydrogen-bond donors (Lipinski definition) is 2. The van der Waals surface area contributed by atoms with E-state index in [9.17, 15) is 4.79 Å². The second-order valence-corrected chi connectivity index (χ2v) is 7.04. The molecule has 2 aliphatic rings. The fourth-order valence-electron chi connectivity index (χ4n) is 3.20. The first-order chi connectivity index (χ1) is 10.2. The van der Waals surface area contributed by atoms with Gasteiger partial charge >= 0.3 is 0 Å². The normalized spacial score (nSPS) is 20.5. The average Bonchev–Trinajstić information content (AvgIpc) is 2.91. The van der Waals surface area contributed by atoms with E-state index in [2.05, 4.69) is 15.2 Å². The van der Waals surface area contributed by atoms with Crippen LogP contribution in [0.2, 0.25) is 0 Å². The van der Waals surface area contributed by atoms with Gasteiger partial charge in [-0.3, -0.25) is 4.79 Å². The molecule has 1 amide bonds. The third-order valence-electron chi connectivity index (χ3n) is 4.42. The summed E-state index contributed by atoms with van der Waals surface area (Å²) in [4.78, 5) is 19.6. The van der Waals surface area contributed by atoms with E-state index in [0.717, 1.165) is 31.1 Å². The number of nitrogens with zero attached hydrogens (tertiary/aromatic N) is 2. The third-order valence-corrected chi connectivity index (χ3v) is 5.55. The molecule has 2 fully saturated rings. The molecule has 5 nitrogen and oxygen atoms in total. The van der Waals surface area contributed by atoms with Gasteiger partial charge in [0.1, 0.15) is 10.7 Å². The van der Waals surface area contributed by atoms with E-state index in [1.807, 2.05) is 0 Å². The molecule has 1 aromatic heterocycles. The largest absolute Gasteiger partial charge is 0.382 e. The molecule has 1 saturated heterocycles. The first-order valence-corrected chi connectivity index (χ1v) is 8.88. The van der Waals surface area contributed by atoms with E-state index < -0.39 is 0 Å². The van der Waals surface area contributed by atoms with Crippen LogP contribution in [0.4, 0.5) is 10.9 Å². The summed E-state index contributed by atoms with van der Waals surface area (Å²) < 4.78 is 0. The van der Waals surface area contributed by atoms with Crippen LogP contribution in [0.3, 0.4) is 0 Å². The highest BCUT2D eigenvalue weighted by molar-refractivity contribution is 7.18. The minimum atomic E-state index is -0.0415. The highest BCUT2D eigenvalue weighted by atomic mass is 32.1. The molecule has 0 aromatic carbocycles. The summed E-state index contributed by atoms with van der Waals surface area (Å²) in [6.45, 7) is 2.05. The van der Waals surface area contributed by atoms with Crippen LogP contribution >= 0.6 is 11.3 Å². The molecule has 0 atom stereocenters. The Labute approximate surface area is 129 Å². The van der Waals surface area contributed by atoms with Crippen molar-refractivity contribution in [3.05, 3.63) is 4.88 Å². The van der Waals surface area contributed by atoms with Gasteiger partial charge in [-0.05, 0) is 32.1 Å². The molecule has 0 radical (unpaired) electrons. The number of rotatable bonds is 3. The number of nitrogens with one attached hydrogen (secondary N) is 1. The minimum Gasteiger partial charge on any atom is -0.382 e. The zero-order valence-electron chi connectivity index (χ0n) is 12.4. The summed E-state index contributed by atoms with van der Waals surface area (Å²) in [7, 11) is 0. The molecular formula is C15H24N4OS. The monoisotopic (exact) mass is 308 g/mol. The minimum absolute atomic E-state index is 0.0415. The Kier molecular flexibility index (Phi) is 4.63. The van der Waals surface area contributed by atoms with E-state index in [0.29, 0.717) is 16.7 Å². The number of carbonyl (C=O) groups excluding carboxylic acids is 1. The van der Waals surface area contributed by atoms with E-state index in [-0.39, 0.29) is 5.91 Å². The number of amides is 1. The lowest BCUT2D eigenvalue weighted by atomic mass is 9.95. The molecule has 1 saturated carbocycles. The zero-order chi connectivity index (χ0) is 14.7. The van der Waals surface area contributed by atoms with E-state index in [4.69, 9.17) is 5.73 Å². The fourth-order valence-corrected chi connectivity index (χ4v) is 4.14. The van der Waals surface area contributed by atoms with Gasteiger partial charge in [0, 0.05) is 19.1 Å². The lowest BCUT2D eigenvalue weighted by Gasteiger charge is -2.25. The average molecular weight is 308 g/mol. The van der Waals surface area contributed by atoms with Crippen LogP contribution in [0, 0.1) is 0 Å². The number of nitrogens with two attached hydrogens (primary N) is 1. The molecule has 0 unspecified atom stereocenters. The second kappa shape index (κ2) is 6.64. The maximum atomic E-state index is 12.4. The summed E-state index contributed by atoms with van der Waals surface area (Å²) in [5.41, 5.74) is 5.97. The topological polar surface area (TPSA) is 71.2 Å². The van der Waals surface area contributed by atoms with Gasteiger partial charge in [-0.15, -0.1) is 0 Å². The molecule has 3 rings (SSSR count). The van der Waals surface area contributed by atoms with Gasteiger partial charge in [-0.1, -0.05) is 30.6 Å². The highest BCUT2D eigenvalue weighted by Gasteiger charge is 2.23. The van der Waals surface area contributed by atoms with Crippen LogP contribution in [-0.4, -0.2) is 30.0 Å². The summed E-state index contributed by atoms with van der Waals surface area (Å²) in [5.74, 6) is 0.342. The van der Waals surface area contributed by atoms with Crippen molar-refractivity contribution in [1.29, 1.82) is 0 Å². The standard InChI is InChI=1S/C15H24N4OS/c16-13-12(14(20)17-11-7-3-1-4-8-11)21-15(18-13)19-9-5-2-6-10-19/h11H,1-10,16H2,(H,17,20). The molecule has 1 aromatic rings. The highest BCUT2D eigenvalue weighted by Crippen LogP contribution is 2.30. The van der Waals surface area contributed by atoms with Crippen LogP contribution in [0.1, 0.15) is 61.0 Å². The quantitative estimate of drug-likeness (QED) is 0.900. The fraction of sp³-hybridized carbons (Fsp3) is 0.733. The molecule has 2 heterocycles. The Morgan fingerprint density at radius 2 is 1.81 bits per heavy atom. The molecule has 116 valence electrons. The molecule has 3 N–H and O–H groups in total. The van der Waals surface area contributed by atoms with Crippen LogP contribution in [-0.2, 0) is 0 Å². The first-order valence-electron chi connectivity index (χ1n) is 8.06. The molecule has 1 aliphatic heterocycles. The van der Waals surface area contributed by atoms with Crippen molar-refractivity contribution in [1.82, 2.24) is 10.3 Å². The first kappa shape index (κ1) is 14.6. The number of piperidine rings is 1. The lowest BCUT2D eigenvalue weighted by Crippen LogP contribution is -2.36. The van der Waals surface area contributed by atoms with Crippen molar-refractivity contribution in [3.63, 3.8) is 0 Å². The number of anilines is 2. The van der Waals surface area contributed by atoms with Gasteiger partial charge < -0.3 is 16.0 Å². The summed E-state index contributed by atoms with van der Waals surface area (Å²) in [5, 5.41) is 4.03. The Morgan fingerprint density at radius 1 is 1.14 bits per heavy atom. The summed E-state index contributed by atoms with van der Waals surface area (Å²) in [6.07, 6.45) is 9.56. The number of aromatic nitrogens is 1. The molecule has 1 aliphatic carbocycles. The second-order valence-electron chi connectivity index (χ2n) is 6.07. The molecular weight excluding hydrogens is 284 g/mol. The molecule has 0 spiro atoms. The van der Waals surface area contributed by atoms with E-state index in [1.165, 1.54) is 49.9 Å². The summed E-state index contributed by atoms with van der Waals surface area (Å²) >= 11 is 1.44. The van der Waals surface area contributed by atoms with Gasteiger partial charge in [0.05, 0.1) is 0 Å². The van der Waals surface area contributed by atoms with Crippen LogP contribution in [0.15, 0.2) is 0 Å². The van der Waals surface area contributed by atoms with Gasteiger partial charge in [0.2, 0.25) is 0 Å². The number of hydrogen-bond acceptors (Lipinski definition) is 5. The third kappa shape index (κ3) is 3.48. The van der Waals surface area contributed by atoms with E-state index in [1.54, 1.807) is 0 Å². The molecule has 6 heteroatoms. The van der Waals surface area contributed by atoms with Crippen molar-refractivity contribution in [3.8, 4) is 0 Å². The van der Waals surface area contributed by atoms with Gasteiger partial charge in [0.25, 0.3) is 5.91 Å². The maximum absolute atomic E-state index is 12.4. The van der Waals surface area contributed by atoms with Gasteiger partial charge in [-0.25, -0.2) is 4.98 Å². The maximum Gasteiger partial charge on any atom is 0.265 e. The predicted octanol–water partition coefficient (Wildman–Crippen LogP) is 2.78. The molecule has 21 heavy (non-hydrogen) atoms. The van der Waals surface area contributed by atoms with Crippen LogP contribution in [0.25, 0.3) is 0 Å². The van der Waals surface area contributed by atoms with Crippen molar-refractivity contribution < 1.29 is 4.79 Å². The Hall–Kier alpha value is -1.30. The van der Waals surface area contributed by atoms with Crippen LogP contribution < -0.4 is 16.0 Å². The van der Waals surface area contributed by atoms with Gasteiger partial charge in [0.15, 0.2) is 5.13 Å². The lowest BCUT2D eigenvalue weighted by molar-refractivity contribution is 0.0932. The van der Waals surface area contributed by atoms with Crippen molar-refractivity contribution in [2.24, 2.45) is 0 Å². The smallest absolute Gasteiger partial charge is 0.265 e. The number of thiazole rings is 1. The van der Waals surface area contributed by atoms with Gasteiger partial charge in [-0.2, -0.15) is 0 Å². The Morgan fingerprint density at radius 3 is 2.52 bits per heavy atom.